The number of nitrogens with zero attached hydrogens (tertiary/aromatic N) is 1. The second kappa shape index (κ2) is 5.71. The van der Waals surface area contributed by atoms with Crippen molar-refractivity contribution in [3.8, 4) is 0 Å². The first-order chi connectivity index (χ1) is 8.88. The normalized spacial score (nSPS) is 33.6. The number of nitrogens with one attached hydrogen (secondary N) is 1. The fraction of sp³-hybridized carbons (Fsp3) is 1.00. The molecule has 112 valence electrons. The highest BCUT2D eigenvalue weighted by atomic mass is 16.5. The fourth-order valence-corrected chi connectivity index (χ4v) is 3.37. The molecule has 1 aliphatic heterocycles. The van der Waals surface area contributed by atoms with Crippen LogP contribution in [0.4, 0.5) is 0 Å². The lowest BCUT2D eigenvalue weighted by Gasteiger charge is -2.51. The molecule has 2 fully saturated rings. The zero-order chi connectivity index (χ0) is 14.1. The largest absolute Gasteiger partial charge is 0.385 e. The number of hydrogen-bond donors (Lipinski definition) is 1. The van der Waals surface area contributed by atoms with Crippen LogP contribution in [0.3, 0.4) is 0 Å². The van der Waals surface area contributed by atoms with E-state index in [1.54, 1.807) is 7.11 Å². The van der Waals surface area contributed by atoms with Crippen LogP contribution in [0.1, 0.15) is 47.0 Å². The summed E-state index contributed by atoms with van der Waals surface area (Å²) in [5.74, 6) is 0.906. The van der Waals surface area contributed by atoms with Crippen molar-refractivity contribution < 1.29 is 4.74 Å². The van der Waals surface area contributed by atoms with Gasteiger partial charge in [-0.2, -0.15) is 0 Å². The van der Waals surface area contributed by atoms with Crippen molar-refractivity contribution >= 4 is 0 Å². The van der Waals surface area contributed by atoms with Crippen LogP contribution >= 0.6 is 0 Å². The summed E-state index contributed by atoms with van der Waals surface area (Å²) in [5, 5.41) is 3.82. The first-order valence-corrected chi connectivity index (χ1v) is 7.85. The van der Waals surface area contributed by atoms with Crippen LogP contribution in [-0.4, -0.2) is 49.8 Å². The Morgan fingerprint density at radius 2 is 2.00 bits per heavy atom. The number of rotatable bonds is 5. The molecule has 0 aromatic heterocycles. The van der Waals surface area contributed by atoms with E-state index < -0.39 is 0 Å². The predicted octanol–water partition coefficient (Wildman–Crippen LogP) is 2.51. The molecule has 1 saturated carbocycles. The van der Waals surface area contributed by atoms with Crippen molar-refractivity contribution in [1.29, 1.82) is 0 Å². The molecule has 2 rings (SSSR count). The Labute approximate surface area is 119 Å². The van der Waals surface area contributed by atoms with Gasteiger partial charge in [-0.15, -0.1) is 0 Å². The summed E-state index contributed by atoms with van der Waals surface area (Å²) in [6.45, 7) is 13.9. The first-order valence-electron chi connectivity index (χ1n) is 7.85. The number of piperazine rings is 1. The van der Waals surface area contributed by atoms with Gasteiger partial charge in [0.15, 0.2) is 0 Å². The van der Waals surface area contributed by atoms with Gasteiger partial charge >= 0.3 is 0 Å². The van der Waals surface area contributed by atoms with Gasteiger partial charge in [-0.05, 0) is 37.5 Å². The topological polar surface area (TPSA) is 24.5 Å². The molecule has 1 heterocycles. The van der Waals surface area contributed by atoms with E-state index in [0.29, 0.717) is 17.0 Å². The van der Waals surface area contributed by atoms with Crippen LogP contribution in [0.15, 0.2) is 0 Å². The van der Waals surface area contributed by atoms with Crippen LogP contribution in [0, 0.1) is 11.3 Å². The second-order valence-corrected chi connectivity index (χ2v) is 7.72. The summed E-state index contributed by atoms with van der Waals surface area (Å²) in [6.07, 6.45) is 3.98. The van der Waals surface area contributed by atoms with Gasteiger partial charge in [0, 0.05) is 44.9 Å². The molecule has 3 nitrogen and oxygen atoms in total. The number of methoxy groups -OCH3 is 1. The zero-order valence-corrected chi connectivity index (χ0v) is 13.5. The third-order valence-corrected chi connectivity index (χ3v) is 5.11. The molecule has 2 unspecified atom stereocenters. The number of hydrogen-bond acceptors (Lipinski definition) is 3. The Morgan fingerprint density at radius 1 is 1.32 bits per heavy atom. The maximum atomic E-state index is 5.23. The van der Waals surface area contributed by atoms with Crippen LogP contribution in [-0.2, 0) is 4.74 Å². The van der Waals surface area contributed by atoms with Crippen LogP contribution in [0.2, 0.25) is 0 Å². The van der Waals surface area contributed by atoms with Crippen LogP contribution in [0.5, 0.6) is 0 Å². The molecule has 1 aliphatic carbocycles. The number of ether oxygens (including phenoxy) is 1. The van der Waals surface area contributed by atoms with Crippen molar-refractivity contribution in [3.05, 3.63) is 0 Å². The minimum absolute atomic E-state index is 0.338. The van der Waals surface area contributed by atoms with Gasteiger partial charge in [0.1, 0.15) is 0 Å². The Balaban J connectivity index is 2.01. The van der Waals surface area contributed by atoms with E-state index in [4.69, 9.17) is 4.74 Å². The maximum Gasteiger partial charge on any atom is 0.0474 e. The van der Waals surface area contributed by atoms with E-state index in [1.807, 2.05) is 0 Å². The highest BCUT2D eigenvalue weighted by molar-refractivity contribution is 5.06. The van der Waals surface area contributed by atoms with E-state index in [1.165, 1.54) is 25.9 Å². The third-order valence-electron chi connectivity index (χ3n) is 5.11. The summed E-state index contributed by atoms with van der Waals surface area (Å²) in [6, 6.07) is 0.599. The Morgan fingerprint density at radius 3 is 2.53 bits per heavy atom. The first kappa shape index (κ1) is 15.3. The fourth-order valence-electron chi connectivity index (χ4n) is 3.37. The smallest absolute Gasteiger partial charge is 0.0474 e. The van der Waals surface area contributed by atoms with E-state index in [2.05, 4.69) is 37.9 Å². The lowest BCUT2D eigenvalue weighted by molar-refractivity contribution is 0.00552. The molecule has 0 amide bonds. The third kappa shape index (κ3) is 3.50. The molecule has 1 N–H and O–H groups in total. The minimum Gasteiger partial charge on any atom is -0.385 e. The van der Waals surface area contributed by atoms with Crippen molar-refractivity contribution in [3.63, 3.8) is 0 Å². The van der Waals surface area contributed by atoms with Gasteiger partial charge in [0.2, 0.25) is 0 Å². The molecule has 3 heteroatoms. The quantitative estimate of drug-likeness (QED) is 0.775. The van der Waals surface area contributed by atoms with Crippen molar-refractivity contribution in [1.82, 2.24) is 10.2 Å². The molecule has 1 saturated heterocycles. The van der Waals surface area contributed by atoms with Crippen LogP contribution < -0.4 is 5.32 Å². The van der Waals surface area contributed by atoms with Gasteiger partial charge in [-0.1, -0.05) is 20.8 Å². The van der Waals surface area contributed by atoms with Gasteiger partial charge in [-0.3, -0.25) is 4.90 Å². The lowest BCUT2D eigenvalue weighted by atomic mass is 9.81. The van der Waals surface area contributed by atoms with Gasteiger partial charge in [0.05, 0.1) is 0 Å². The van der Waals surface area contributed by atoms with Crippen LogP contribution in [0.25, 0.3) is 0 Å². The van der Waals surface area contributed by atoms with Gasteiger partial charge in [0.25, 0.3) is 0 Å². The summed E-state index contributed by atoms with van der Waals surface area (Å²) >= 11 is 0. The Kier molecular flexibility index (Phi) is 4.59. The van der Waals surface area contributed by atoms with Crippen molar-refractivity contribution in [2.45, 2.75) is 58.5 Å². The average molecular weight is 268 g/mol. The highest BCUT2D eigenvalue weighted by Crippen LogP contribution is 2.44. The van der Waals surface area contributed by atoms with Gasteiger partial charge < -0.3 is 10.1 Å². The molecule has 0 radical (unpaired) electrons. The molecule has 0 spiro atoms. The monoisotopic (exact) mass is 268 g/mol. The van der Waals surface area contributed by atoms with Gasteiger partial charge in [-0.25, -0.2) is 0 Å². The van der Waals surface area contributed by atoms with E-state index in [0.717, 1.165) is 25.5 Å². The molecule has 0 bridgehead atoms. The van der Waals surface area contributed by atoms with Crippen molar-refractivity contribution in [2.24, 2.45) is 11.3 Å². The maximum absolute atomic E-state index is 5.23. The van der Waals surface area contributed by atoms with Crippen molar-refractivity contribution in [2.75, 3.05) is 33.4 Å². The molecular formula is C16H32N2O. The molecule has 19 heavy (non-hydrogen) atoms. The summed E-state index contributed by atoms with van der Waals surface area (Å²) < 4.78 is 5.23. The zero-order valence-electron chi connectivity index (χ0n) is 13.5. The summed E-state index contributed by atoms with van der Waals surface area (Å²) in [4.78, 5) is 2.75. The molecule has 2 aliphatic rings. The predicted molar refractivity (Wildman–Crippen MR) is 80.4 cm³/mol. The molecule has 0 aromatic rings. The second-order valence-electron chi connectivity index (χ2n) is 7.72. The minimum atomic E-state index is 0.338. The molecular weight excluding hydrogens is 236 g/mol. The molecule has 0 aromatic carbocycles. The average Bonchev–Trinajstić information content (AvgIpc) is 3.14. The molecule has 2 atom stereocenters. The van der Waals surface area contributed by atoms with E-state index in [-0.39, 0.29) is 0 Å². The summed E-state index contributed by atoms with van der Waals surface area (Å²) in [7, 11) is 1.80. The highest BCUT2D eigenvalue weighted by Gasteiger charge is 2.49. The lowest BCUT2D eigenvalue weighted by Crippen LogP contribution is -2.67. The van der Waals surface area contributed by atoms with E-state index >= 15 is 0 Å². The summed E-state index contributed by atoms with van der Waals surface area (Å²) in [5.41, 5.74) is 0.708. The Bertz CT molecular complexity index is 296. The standard InChI is InChI=1S/C16H32N2O/c1-15(2,3)14-11-18(9-6-10-19-5)16(4,12-17-14)13-7-8-13/h13-14,17H,6-12H2,1-5H3. The van der Waals surface area contributed by atoms with E-state index in [9.17, 15) is 0 Å². The Hall–Kier alpha value is -0.120. The SMILES string of the molecule is COCCCN1CC(C(C)(C)C)NCC1(C)C1CC1.